The maximum Gasteiger partial charge on any atom is 0.420 e. The number of fused-ring (bicyclic) bond motifs is 1. The number of nitrogens with zero attached hydrogens (tertiary/aromatic N) is 3. The van der Waals surface area contributed by atoms with Crippen LogP contribution in [0.25, 0.3) is 33.9 Å². The minimum Gasteiger partial charge on any atom is -0.408 e. The van der Waals surface area contributed by atoms with E-state index in [1.54, 1.807) is 16.7 Å². The predicted molar refractivity (Wildman–Crippen MR) is 94.6 cm³/mol. The topological polar surface area (TPSA) is 74.1 Å². The van der Waals surface area contributed by atoms with E-state index >= 15 is 0 Å². The van der Waals surface area contributed by atoms with Crippen molar-refractivity contribution in [3.63, 3.8) is 0 Å². The summed E-state index contributed by atoms with van der Waals surface area (Å²) in [6.45, 7) is 3.86. The molecule has 2 heterocycles. The fourth-order valence-electron chi connectivity index (χ4n) is 2.75. The molecule has 0 aliphatic carbocycles. The van der Waals surface area contributed by atoms with Gasteiger partial charge in [-0.2, -0.15) is 4.98 Å². The summed E-state index contributed by atoms with van der Waals surface area (Å²) < 4.78 is 12.3. The van der Waals surface area contributed by atoms with Crippen LogP contribution in [0.5, 0.6) is 0 Å². The molecule has 0 atom stereocenters. The Morgan fingerprint density at radius 3 is 2.72 bits per heavy atom. The summed E-state index contributed by atoms with van der Waals surface area (Å²) in [5.74, 6) is 0.352. The zero-order valence-corrected chi connectivity index (χ0v) is 14.3. The van der Waals surface area contributed by atoms with E-state index in [0.29, 0.717) is 33.4 Å². The second kappa shape index (κ2) is 5.89. The maximum atomic E-state index is 12.0. The first kappa shape index (κ1) is 15.7. The molecule has 0 aliphatic heterocycles. The summed E-state index contributed by atoms with van der Waals surface area (Å²) in [7, 11) is 0. The molecule has 4 rings (SSSR count). The van der Waals surface area contributed by atoms with E-state index in [4.69, 9.17) is 20.5 Å². The van der Waals surface area contributed by atoms with Gasteiger partial charge in [-0.1, -0.05) is 28.9 Å². The lowest BCUT2D eigenvalue weighted by atomic mass is 10.2. The van der Waals surface area contributed by atoms with Gasteiger partial charge in [-0.3, -0.25) is 4.57 Å². The first-order valence-electron chi connectivity index (χ1n) is 7.78. The third kappa shape index (κ3) is 2.64. The van der Waals surface area contributed by atoms with Gasteiger partial charge in [-0.25, -0.2) is 4.79 Å². The van der Waals surface area contributed by atoms with Crippen LogP contribution in [0.1, 0.15) is 19.9 Å². The smallest absolute Gasteiger partial charge is 0.408 e. The molecule has 0 saturated heterocycles. The second-order valence-electron chi connectivity index (χ2n) is 5.92. The molecule has 2 aromatic heterocycles. The molecule has 6 nitrogen and oxygen atoms in total. The standard InChI is InChI=1S/C18H14ClN3O3/c1-10(2)22-14-8-7-11(9-15(14)24-18(22)23)16-20-17(25-21-16)12-5-3-4-6-13(12)19/h3-10H,1-2H3. The van der Waals surface area contributed by atoms with Crippen LogP contribution < -0.4 is 5.76 Å². The zero-order chi connectivity index (χ0) is 17.6. The molecule has 25 heavy (non-hydrogen) atoms. The fraction of sp³-hybridized carbons (Fsp3) is 0.167. The third-order valence-corrected chi connectivity index (χ3v) is 4.25. The molecule has 0 N–H and O–H groups in total. The Morgan fingerprint density at radius 2 is 1.96 bits per heavy atom. The summed E-state index contributed by atoms with van der Waals surface area (Å²) in [6.07, 6.45) is 0. The largest absolute Gasteiger partial charge is 0.420 e. The molecule has 0 spiro atoms. The molecule has 0 aliphatic rings. The molecule has 0 fully saturated rings. The highest BCUT2D eigenvalue weighted by molar-refractivity contribution is 6.33. The maximum absolute atomic E-state index is 12.0. The average molecular weight is 356 g/mol. The van der Waals surface area contributed by atoms with Crippen LogP contribution in [0, 0.1) is 0 Å². The van der Waals surface area contributed by atoms with E-state index in [-0.39, 0.29) is 11.8 Å². The van der Waals surface area contributed by atoms with Crippen LogP contribution in [-0.2, 0) is 0 Å². The number of oxazole rings is 1. The summed E-state index contributed by atoms with van der Waals surface area (Å²) >= 11 is 6.16. The first-order chi connectivity index (χ1) is 12.0. The van der Waals surface area contributed by atoms with Crippen molar-refractivity contribution in [1.82, 2.24) is 14.7 Å². The Labute approximate surface area is 147 Å². The van der Waals surface area contributed by atoms with Crippen molar-refractivity contribution in [2.24, 2.45) is 0 Å². The summed E-state index contributed by atoms with van der Waals surface area (Å²) in [6, 6.07) is 12.6. The number of benzene rings is 2. The average Bonchev–Trinajstić information content (AvgIpc) is 3.18. The SMILES string of the molecule is CC(C)n1c(=O)oc2cc(-c3noc(-c4ccccc4Cl)n3)ccc21. The van der Waals surface area contributed by atoms with Crippen LogP contribution in [0.4, 0.5) is 0 Å². The Hall–Kier alpha value is -2.86. The van der Waals surface area contributed by atoms with Gasteiger partial charge in [0, 0.05) is 11.6 Å². The van der Waals surface area contributed by atoms with Gasteiger partial charge in [-0.05, 0) is 44.2 Å². The molecule has 0 amide bonds. The van der Waals surface area contributed by atoms with Crippen LogP contribution in [-0.4, -0.2) is 14.7 Å². The monoisotopic (exact) mass is 355 g/mol. The summed E-state index contributed by atoms with van der Waals surface area (Å²) in [5, 5.41) is 4.54. The van der Waals surface area contributed by atoms with E-state index in [1.165, 1.54) is 0 Å². The first-order valence-corrected chi connectivity index (χ1v) is 8.16. The Kier molecular flexibility index (Phi) is 3.69. The molecule has 2 aromatic carbocycles. The minimum atomic E-state index is -0.382. The van der Waals surface area contributed by atoms with Crippen molar-refractivity contribution in [1.29, 1.82) is 0 Å². The normalized spacial score (nSPS) is 11.5. The lowest BCUT2D eigenvalue weighted by Gasteiger charge is -2.04. The molecule has 0 unspecified atom stereocenters. The van der Waals surface area contributed by atoms with Crippen molar-refractivity contribution in [2.45, 2.75) is 19.9 Å². The van der Waals surface area contributed by atoms with Crippen molar-refractivity contribution < 1.29 is 8.94 Å². The third-order valence-electron chi connectivity index (χ3n) is 3.92. The van der Waals surface area contributed by atoms with Gasteiger partial charge in [0.15, 0.2) is 5.58 Å². The van der Waals surface area contributed by atoms with E-state index < -0.39 is 0 Å². The number of rotatable bonds is 3. The van der Waals surface area contributed by atoms with Gasteiger partial charge in [0.05, 0.1) is 16.1 Å². The van der Waals surface area contributed by atoms with Gasteiger partial charge >= 0.3 is 5.76 Å². The number of hydrogen-bond donors (Lipinski definition) is 0. The molecule has 0 radical (unpaired) electrons. The van der Waals surface area contributed by atoms with Gasteiger partial charge in [0.2, 0.25) is 5.82 Å². The van der Waals surface area contributed by atoms with Gasteiger partial charge in [0.1, 0.15) is 0 Å². The number of halogens is 1. The van der Waals surface area contributed by atoms with Crippen molar-refractivity contribution in [2.75, 3.05) is 0 Å². The van der Waals surface area contributed by atoms with Gasteiger partial charge < -0.3 is 8.94 Å². The highest BCUT2D eigenvalue weighted by Crippen LogP contribution is 2.29. The van der Waals surface area contributed by atoms with Crippen molar-refractivity contribution in [3.8, 4) is 22.8 Å². The fourth-order valence-corrected chi connectivity index (χ4v) is 2.97. The Bertz CT molecular complexity index is 1120. The molecule has 4 aromatic rings. The Morgan fingerprint density at radius 1 is 1.16 bits per heavy atom. The molecule has 7 heteroatoms. The van der Waals surface area contributed by atoms with E-state index in [9.17, 15) is 4.79 Å². The lowest BCUT2D eigenvalue weighted by Crippen LogP contribution is -2.15. The van der Waals surface area contributed by atoms with Crippen LogP contribution in [0.15, 0.2) is 56.2 Å². The van der Waals surface area contributed by atoms with Crippen LogP contribution >= 0.6 is 11.6 Å². The summed E-state index contributed by atoms with van der Waals surface area (Å²) in [4.78, 5) is 16.4. The highest BCUT2D eigenvalue weighted by Gasteiger charge is 2.16. The molecular weight excluding hydrogens is 342 g/mol. The highest BCUT2D eigenvalue weighted by atomic mass is 35.5. The van der Waals surface area contributed by atoms with E-state index in [2.05, 4.69) is 10.1 Å². The van der Waals surface area contributed by atoms with E-state index in [0.717, 1.165) is 5.52 Å². The van der Waals surface area contributed by atoms with Crippen LogP contribution in [0.2, 0.25) is 5.02 Å². The molecule has 0 saturated carbocycles. The predicted octanol–water partition coefficient (Wildman–Crippen LogP) is 4.55. The van der Waals surface area contributed by atoms with Crippen molar-refractivity contribution in [3.05, 3.63) is 58.0 Å². The van der Waals surface area contributed by atoms with Gasteiger partial charge in [0.25, 0.3) is 5.89 Å². The zero-order valence-electron chi connectivity index (χ0n) is 13.6. The quantitative estimate of drug-likeness (QED) is 0.539. The van der Waals surface area contributed by atoms with Gasteiger partial charge in [-0.15, -0.1) is 0 Å². The second-order valence-corrected chi connectivity index (χ2v) is 6.32. The molecular formula is C18H14ClN3O3. The van der Waals surface area contributed by atoms with E-state index in [1.807, 2.05) is 44.2 Å². The lowest BCUT2D eigenvalue weighted by molar-refractivity contribution is 0.432. The van der Waals surface area contributed by atoms with Crippen LogP contribution in [0.3, 0.4) is 0 Å². The summed E-state index contributed by atoms with van der Waals surface area (Å²) in [5.41, 5.74) is 2.58. The molecule has 126 valence electrons. The van der Waals surface area contributed by atoms with Crippen molar-refractivity contribution >= 4 is 22.7 Å². The number of aromatic nitrogens is 3. The number of hydrogen-bond acceptors (Lipinski definition) is 5. The Balaban J connectivity index is 1.78. The molecule has 0 bridgehead atoms. The minimum absolute atomic E-state index is 0.0107.